The summed E-state index contributed by atoms with van der Waals surface area (Å²) in [5.74, 6) is 0. The van der Waals surface area contributed by atoms with Crippen molar-refractivity contribution in [3.8, 4) is 0 Å². The second-order valence-electron chi connectivity index (χ2n) is 3.78. The summed E-state index contributed by atoms with van der Waals surface area (Å²) < 4.78 is 0. The lowest BCUT2D eigenvalue weighted by Crippen LogP contribution is -1.99. The molecular formula is C12H11ClN2O2S. The highest BCUT2D eigenvalue weighted by Gasteiger charge is 2.10. The van der Waals surface area contributed by atoms with Crippen LogP contribution in [0.2, 0.25) is 5.02 Å². The molecule has 0 atom stereocenters. The van der Waals surface area contributed by atoms with Crippen LogP contribution in [0.5, 0.6) is 0 Å². The topological polar surface area (TPSA) is 55.2 Å². The molecule has 1 N–H and O–H groups in total. The van der Waals surface area contributed by atoms with Gasteiger partial charge in [0.2, 0.25) is 0 Å². The van der Waals surface area contributed by atoms with Gasteiger partial charge in [-0.25, -0.2) is 0 Å². The molecule has 0 saturated carbocycles. The van der Waals surface area contributed by atoms with Crippen LogP contribution in [-0.2, 0) is 6.54 Å². The van der Waals surface area contributed by atoms with Gasteiger partial charge in [-0.2, -0.15) is 0 Å². The number of thiophene rings is 1. The van der Waals surface area contributed by atoms with Crippen molar-refractivity contribution in [2.45, 2.75) is 13.5 Å². The van der Waals surface area contributed by atoms with E-state index in [1.165, 1.54) is 17.4 Å². The van der Waals surface area contributed by atoms with Gasteiger partial charge >= 0.3 is 5.00 Å². The van der Waals surface area contributed by atoms with E-state index in [9.17, 15) is 10.1 Å². The summed E-state index contributed by atoms with van der Waals surface area (Å²) in [6.07, 6.45) is 0. The lowest BCUT2D eigenvalue weighted by Gasteiger charge is -2.09. The van der Waals surface area contributed by atoms with E-state index >= 15 is 0 Å². The molecule has 1 aromatic heterocycles. The largest absolute Gasteiger partial charge is 0.379 e. The van der Waals surface area contributed by atoms with Gasteiger partial charge in [-0.1, -0.05) is 35.1 Å². The number of anilines is 1. The van der Waals surface area contributed by atoms with Gasteiger partial charge in [0.05, 0.1) is 15.6 Å². The Labute approximate surface area is 113 Å². The lowest BCUT2D eigenvalue weighted by atomic mass is 10.2. The Morgan fingerprint density at radius 3 is 2.78 bits per heavy atom. The van der Waals surface area contributed by atoms with Gasteiger partial charge in [0.25, 0.3) is 0 Å². The Bertz CT molecular complexity index is 563. The standard InChI is InChI=1S/C12H11ClN2O2S/c1-8-3-2-4-10(13)12(8)14-7-9-5-6-11(18-9)15(16)17/h2-6,14H,7H2,1H3. The van der Waals surface area contributed by atoms with Gasteiger partial charge in [-0.3, -0.25) is 10.1 Å². The van der Waals surface area contributed by atoms with Crippen LogP contribution in [0.15, 0.2) is 30.3 Å². The van der Waals surface area contributed by atoms with Crippen molar-refractivity contribution in [2.75, 3.05) is 5.32 Å². The van der Waals surface area contributed by atoms with Gasteiger partial charge in [-0.15, -0.1) is 0 Å². The lowest BCUT2D eigenvalue weighted by molar-refractivity contribution is -0.380. The monoisotopic (exact) mass is 282 g/mol. The van der Waals surface area contributed by atoms with Crippen molar-refractivity contribution in [1.82, 2.24) is 0 Å². The van der Waals surface area contributed by atoms with E-state index in [4.69, 9.17) is 11.6 Å². The van der Waals surface area contributed by atoms with Crippen LogP contribution in [-0.4, -0.2) is 4.92 Å². The fourth-order valence-electron chi connectivity index (χ4n) is 1.59. The molecule has 2 aromatic rings. The molecule has 0 bridgehead atoms. The molecule has 18 heavy (non-hydrogen) atoms. The molecule has 0 aliphatic carbocycles. The molecule has 1 aromatic carbocycles. The molecule has 94 valence electrons. The number of hydrogen-bond donors (Lipinski definition) is 1. The van der Waals surface area contributed by atoms with Crippen molar-refractivity contribution in [3.63, 3.8) is 0 Å². The molecule has 0 radical (unpaired) electrons. The second-order valence-corrected chi connectivity index (χ2v) is 5.34. The number of hydrogen-bond acceptors (Lipinski definition) is 4. The summed E-state index contributed by atoms with van der Waals surface area (Å²) in [5, 5.41) is 14.6. The first-order chi connectivity index (χ1) is 8.58. The van der Waals surface area contributed by atoms with Crippen molar-refractivity contribution < 1.29 is 4.92 Å². The van der Waals surface area contributed by atoms with E-state index in [1.54, 1.807) is 6.07 Å². The molecule has 0 fully saturated rings. The number of para-hydroxylation sites is 1. The number of nitrogens with zero attached hydrogens (tertiary/aromatic N) is 1. The van der Waals surface area contributed by atoms with E-state index in [1.807, 2.05) is 25.1 Å². The third kappa shape index (κ3) is 2.80. The summed E-state index contributed by atoms with van der Waals surface area (Å²) in [7, 11) is 0. The molecule has 0 saturated heterocycles. The normalized spacial score (nSPS) is 10.3. The number of nitrogens with one attached hydrogen (secondary N) is 1. The van der Waals surface area contributed by atoms with Gasteiger partial charge in [0.1, 0.15) is 0 Å². The zero-order chi connectivity index (χ0) is 13.1. The molecule has 2 rings (SSSR count). The Morgan fingerprint density at radius 1 is 1.39 bits per heavy atom. The summed E-state index contributed by atoms with van der Waals surface area (Å²) in [6.45, 7) is 2.49. The summed E-state index contributed by atoms with van der Waals surface area (Å²) in [5.41, 5.74) is 1.92. The van der Waals surface area contributed by atoms with E-state index in [2.05, 4.69) is 5.32 Å². The van der Waals surface area contributed by atoms with Crippen molar-refractivity contribution >= 4 is 33.6 Å². The Morgan fingerprint density at radius 2 is 2.17 bits per heavy atom. The molecule has 0 spiro atoms. The van der Waals surface area contributed by atoms with Crippen LogP contribution in [0, 0.1) is 17.0 Å². The van der Waals surface area contributed by atoms with E-state index in [0.29, 0.717) is 11.6 Å². The molecule has 0 aliphatic rings. The van der Waals surface area contributed by atoms with Crippen LogP contribution in [0.25, 0.3) is 0 Å². The average molecular weight is 283 g/mol. The molecule has 6 heteroatoms. The molecule has 1 heterocycles. The zero-order valence-corrected chi connectivity index (χ0v) is 11.2. The Kier molecular flexibility index (Phi) is 3.84. The molecule has 0 aliphatic heterocycles. The fraction of sp³-hybridized carbons (Fsp3) is 0.167. The Balaban J connectivity index is 2.09. The predicted molar refractivity (Wildman–Crippen MR) is 74.5 cm³/mol. The first-order valence-corrected chi connectivity index (χ1v) is 6.49. The minimum Gasteiger partial charge on any atom is -0.379 e. The Hall–Kier alpha value is -1.59. The minimum absolute atomic E-state index is 0.155. The minimum atomic E-state index is -0.380. The van der Waals surface area contributed by atoms with Crippen molar-refractivity contribution in [2.24, 2.45) is 0 Å². The van der Waals surface area contributed by atoms with Crippen LogP contribution in [0.1, 0.15) is 10.4 Å². The first-order valence-electron chi connectivity index (χ1n) is 5.30. The smallest absolute Gasteiger partial charge is 0.324 e. The highest BCUT2D eigenvalue weighted by Crippen LogP contribution is 2.28. The molecule has 0 unspecified atom stereocenters. The maximum Gasteiger partial charge on any atom is 0.324 e. The van der Waals surface area contributed by atoms with E-state index < -0.39 is 0 Å². The van der Waals surface area contributed by atoms with Gasteiger partial charge in [0, 0.05) is 17.5 Å². The van der Waals surface area contributed by atoms with Gasteiger partial charge in [-0.05, 0) is 24.6 Å². The maximum atomic E-state index is 10.6. The molecule has 4 nitrogen and oxygen atoms in total. The van der Waals surface area contributed by atoms with Gasteiger partial charge in [0.15, 0.2) is 0 Å². The molecular weight excluding hydrogens is 272 g/mol. The van der Waals surface area contributed by atoms with E-state index in [-0.39, 0.29) is 9.92 Å². The summed E-state index contributed by atoms with van der Waals surface area (Å²) >= 11 is 7.25. The van der Waals surface area contributed by atoms with Crippen LogP contribution < -0.4 is 5.32 Å². The highest BCUT2D eigenvalue weighted by atomic mass is 35.5. The van der Waals surface area contributed by atoms with Crippen molar-refractivity contribution in [1.29, 1.82) is 0 Å². The zero-order valence-electron chi connectivity index (χ0n) is 9.64. The third-order valence-corrected chi connectivity index (χ3v) is 3.84. The first kappa shape index (κ1) is 12.9. The van der Waals surface area contributed by atoms with Crippen LogP contribution >= 0.6 is 22.9 Å². The highest BCUT2D eigenvalue weighted by molar-refractivity contribution is 7.15. The fourth-order valence-corrected chi connectivity index (χ4v) is 2.64. The SMILES string of the molecule is Cc1cccc(Cl)c1NCc1ccc([N+](=O)[O-])s1. The molecule has 0 amide bonds. The number of nitro groups is 1. The third-order valence-electron chi connectivity index (χ3n) is 2.49. The summed E-state index contributed by atoms with van der Waals surface area (Å²) in [6, 6.07) is 8.93. The number of benzene rings is 1. The number of aryl methyl sites for hydroxylation is 1. The van der Waals surface area contributed by atoms with Gasteiger partial charge < -0.3 is 5.32 Å². The predicted octanol–water partition coefficient (Wildman–Crippen LogP) is 4.23. The number of rotatable bonds is 4. The van der Waals surface area contributed by atoms with E-state index in [0.717, 1.165) is 16.1 Å². The summed E-state index contributed by atoms with van der Waals surface area (Å²) in [4.78, 5) is 11.1. The van der Waals surface area contributed by atoms with Crippen molar-refractivity contribution in [3.05, 3.63) is 55.9 Å². The quantitative estimate of drug-likeness (QED) is 0.674. The second kappa shape index (κ2) is 5.37. The average Bonchev–Trinajstić information content (AvgIpc) is 2.77. The van der Waals surface area contributed by atoms with Crippen LogP contribution in [0.4, 0.5) is 10.7 Å². The number of halogens is 1. The maximum absolute atomic E-state index is 10.6. The van der Waals surface area contributed by atoms with Crippen LogP contribution in [0.3, 0.4) is 0 Å².